The standard InChI is InChI=1S/C20H32N4O/c1-4-21-19(25)17-10-8-16(9-11-17)14-23-20(22-5-2)24-18-12-6-15(3)7-13-18/h8-11,15,18H,4-7,12-14H2,1-3H3,(H,21,25)(H2,22,23,24). The number of amides is 1. The van der Waals surface area contributed by atoms with Gasteiger partial charge in [-0.25, -0.2) is 4.99 Å². The number of aliphatic imine (C=N–C) groups is 1. The van der Waals surface area contributed by atoms with Crippen LogP contribution >= 0.6 is 0 Å². The smallest absolute Gasteiger partial charge is 0.251 e. The summed E-state index contributed by atoms with van der Waals surface area (Å²) in [6.07, 6.45) is 5.01. The zero-order valence-corrected chi connectivity index (χ0v) is 15.8. The Labute approximate surface area is 151 Å². The highest BCUT2D eigenvalue weighted by atomic mass is 16.1. The molecule has 0 atom stereocenters. The minimum absolute atomic E-state index is 0.0286. The van der Waals surface area contributed by atoms with Crippen LogP contribution in [0, 0.1) is 5.92 Å². The maximum Gasteiger partial charge on any atom is 0.251 e. The van der Waals surface area contributed by atoms with E-state index in [2.05, 4.69) is 29.8 Å². The number of benzene rings is 1. The van der Waals surface area contributed by atoms with Crippen LogP contribution in [0.3, 0.4) is 0 Å². The van der Waals surface area contributed by atoms with Gasteiger partial charge in [0.15, 0.2) is 5.96 Å². The van der Waals surface area contributed by atoms with Crippen molar-refractivity contribution < 1.29 is 4.79 Å². The molecule has 0 bridgehead atoms. The van der Waals surface area contributed by atoms with E-state index in [1.54, 1.807) is 0 Å². The maximum atomic E-state index is 11.8. The molecule has 0 aliphatic heterocycles. The molecular formula is C20H32N4O. The van der Waals surface area contributed by atoms with Gasteiger partial charge in [0.05, 0.1) is 6.54 Å². The molecule has 1 aliphatic carbocycles. The largest absolute Gasteiger partial charge is 0.357 e. The Morgan fingerprint density at radius 1 is 1.04 bits per heavy atom. The first-order chi connectivity index (χ1) is 12.1. The second-order valence-electron chi connectivity index (χ2n) is 6.85. The molecule has 1 aliphatic rings. The van der Waals surface area contributed by atoms with Gasteiger partial charge in [-0.05, 0) is 63.1 Å². The van der Waals surface area contributed by atoms with Crippen LogP contribution in [-0.2, 0) is 6.54 Å². The summed E-state index contributed by atoms with van der Waals surface area (Å²) in [7, 11) is 0. The Hall–Kier alpha value is -2.04. The van der Waals surface area contributed by atoms with Crippen molar-refractivity contribution >= 4 is 11.9 Å². The van der Waals surface area contributed by atoms with Crippen LogP contribution in [0.2, 0.25) is 0 Å². The first-order valence-electron chi connectivity index (χ1n) is 9.54. The van der Waals surface area contributed by atoms with E-state index in [4.69, 9.17) is 4.99 Å². The molecule has 25 heavy (non-hydrogen) atoms. The molecule has 138 valence electrons. The lowest BCUT2D eigenvalue weighted by molar-refractivity contribution is 0.0956. The van der Waals surface area contributed by atoms with Gasteiger partial charge in [-0.3, -0.25) is 4.79 Å². The lowest BCUT2D eigenvalue weighted by atomic mass is 9.87. The van der Waals surface area contributed by atoms with Crippen molar-refractivity contribution in [3.8, 4) is 0 Å². The predicted molar refractivity (Wildman–Crippen MR) is 104 cm³/mol. The molecule has 0 saturated heterocycles. The van der Waals surface area contributed by atoms with E-state index >= 15 is 0 Å². The first kappa shape index (κ1) is 19.3. The van der Waals surface area contributed by atoms with Gasteiger partial charge in [0.2, 0.25) is 0 Å². The molecule has 0 spiro atoms. The molecule has 1 aromatic carbocycles. The van der Waals surface area contributed by atoms with Crippen LogP contribution in [-0.4, -0.2) is 31.0 Å². The molecular weight excluding hydrogens is 312 g/mol. The third kappa shape index (κ3) is 6.40. The molecule has 0 radical (unpaired) electrons. The molecule has 1 saturated carbocycles. The maximum absolute atomic E-state index is 11.8. The third-order valence-electron chi connectivity index (χ3n) is 4.67. The second-order valence-corrected chi connectivity index (χ2v) is 6.85. The number of carbonyl (C=O) groups excluding carboxylic acids is 1. The molecule has 1 amide bonds. The van der Waals surface area contributed by atoms with Crippen LogP contribution in [0.25, 0.3) is 0 Å². The van der Waals surface area contributed by atoms with Crippen LogP contribution in [0.15, 0.2) is 29.3 Å². The van der Waals surface area contributed by atoms with Crippen molar-refractivity contribution in [2.45, 2.75) is 59.0 Å². The fourth-order valence-corrected chi connectivity index (χ4v) is 3.11. The van der Waals surface area contributed by atoms with Gasteiger partial charge in [0, 0.05) is 24.7 Å². The molecule has 2 rings (SSSR count). The molecule has 0 heterocycles. The molecule has 5 heteroatoms. The highest BCUT2D eigenvalue weighted by molar-refractivity contribution is 5.94. The molecule has 3 N–H and O–H groups in total. The number of nitrogens with zero attached hydrogens (tertiary/aromatic N) is 1. The normalized spacial score (nSPS) is 20.8. The van der Waals surface area contributed by atoms with E-state index in [-0.39, 0.29) is 5.91 Å². The van der Waals surface area contributed by atoms with Gasteiger partial charge in [0.1, 0.15) is 0 Å². The van der Waals surface area contributed by atoms with Crippen LogP contribution in [0.1, 0.15) is 62.4 Å². The quantitative estimate of drug-likeness (QED) is 0.549. The van der Waals surface area contributed by atoms with Gasteiger partial charge in [-0.1, -0.05) is 19.1 Å². The Bertz CT molecular complexity index is 560. The molecule has 1 fully saturated rings. The Balaban J connectivity index is 1.92. The van der Waals surface area contributed by atoms with E-state index in [9.17, 15) is 4.79 Å². The van der Waals surface area contributed by atoms with Gasteiger partial charge in [-0.2, -0.15) is 0 Å². The minimum atomic E-state index is -0.0286. The summed E-state index contributed by atoms with van der Waals surface area (Å²) >= 11 is 0. The summed E-state index contributed by atoms with van der Waals surface area (Å²) < 4.78 is 0. The van der Waals surface area contributed by atoms with Gasteiger partial charge in [-0.15, -0.1) is 0 Å². The summed E-state index contributed by atoms with van der Waals surface area (Å²) in [5, 5.41) is 9.71. The molecule has 5 nitrogen and oxygen atoms in total. The monoisotopic (exact) mass is 344 g/mol. The Kier molecular flexibility index (Phi) is 7.76. The van der Waals surface area contributed by atoms with Crippen molar-refractivity contribution in [1.29, 1.82) is 0 Å². The summed E-state index contributed by atoms with van der Waals surface area (Å²) in [5.74, 6) is 1.70. The van der Waals surface area contributed by atoms with Gasteiger partial charge in [0.25, 0.3) is 5.91 Å². The average molecular weight is 345 g/mol. The molecule has 0 unspecified atom stereocenters. The van der Waals surface area contributed by atoms with Crippen molar-refractivity contribution in [3.63, 3.8) is 0 Å². The summed E-state index contributed by atoms with van der Waals surface area (Å²) in [6.45, 7) is 8.44. The number of guanidine groups is 1. The first-order valence-corrected chi connectivity index (χ1v) is 9.54. The highest BCUT2D eigenvalue weighted by Gasteiger charge is 2.18. The Morgan fingerprint density at radius 3 is 2.28 bits per heavy atom. The SMILES string of the molecule is CCNC(=O)c1ccc(CN=C(NCC)NC2CCC(C)CC2)cc1. The third-order valence-corrected chi connectivity index (χ3v) is 4.67. The summed E-state index contributed by atoms with van der Waals surface area (Å²) in [6, 6.07) is 8.19. The summed E-state index contributed by atoms with van der Waals surface area (Å²) in [5.41, 5.74) is 1.79. The zero-order chi connectivity index (χ0) is 18.1. The minimum Gasteiger partial charge on any atom is -0.357 e. The van der Waals surface area contributed by atoms with Crippen LogP contribution in [0.4, 0.5) is 0 Å². The number of hydrogen-bond acceptors (Lipinski definition) is 2. The Morgan fingerprint density at radius 2 is 1.68 bits per heavy atom. The fraction of sp³-hybridized carbons (Fsp3) is 0.600. The van der Waals surface area contributed by atoms with Crippen molar-refractivity contribution in [1.82, 2.24) is 16.0 Å². The van der Waals surface area contributed by atoms with E-state index < -0.39 is 0 Å². The second kappa shape index (κ2) is 10.1. The van der Waals surface area contributed by atoms with E-state index in [0.717, 1.165) is 24.0 Å². The van der Waals surface area contributed by atoms with Crippen molar-refractivity contribution in [2.75, 3.05) is 13.1 Å². The predicted octanol–water partition coefficient (Wildman–Crippen LogP) is 3.07. The number of rotatable bonds is 6. The topological polar surface area (TPSA) is 65.5 Å². The molecule has 0 aromatic heterocycles. The lowest BCUT2D eigenvalue weighted by Crippen LogP contribution is -2.44. The van der Waals surface area contributed by atoms with Gasteiger partial charge < -0.3 is 16.0 Å². The van der Waals surface area contributed by atoms with Crippen LogP contribution < -0.4 is 16.0 Å². The van der Waals surface area contributed by atoms with Crippen LogP contribution in [0.5, 0.6) is 0 Å². The van der Waals surface area contributed by atoms with E-state index in [0.29, 0.717) is 24.7 Å². The number of carbonyl (C=O) groups is 1. The van der Waals surface area contributed by atoms with E-state index in [1.807, 2.05) is 31.2 Å². The van der Waals surface area contributed by atoms with Crippen molar-refractivity contribution in [2.24, 2.45) is 10.9 Å². The number of nitrogens with one attached hydrogen (secondary N) is 3. The number of hydrogen-bond donors (Lipinski definition) is 3. The van der Waals surface area contributed by atoms with Crippen molar-refractivity contribution in [3.05, 3.63) is 35.4 Å². The highest BCUT2D eigenvalue weighted by Crippen LogP contribution is 2.23. The average Bonchev–Trinajstić information content (AvgIpc) is 2.62. The molecule has 1 aromatic rings. The van der Waals surface area contributed by atoms with Gasteiger partial charge >= 0.3 is 0 Å². The lowest BCUT2D eigenvalue weighted by Gasteiger charge is -2.28. The zero-order valence-electron chi connectivity index (χ0n) is 15.8. The summed E-state index contributed by atoms with van der Waals surface area (Å²) in [4.78, 5) is 16.5. The fourth-order valence-electron chi connectivity index (χ4n) is 3.11. The van der Waals surface area contributed by atoms with E-state index in [1.165, 1.54) is 25.7 Å².